The first-order valence-corrected chi connectivity index (χ1v) is 14.3. The van der Waals surface area contributed by atoms with E-state index in [4.69, 9.17) is 4.99 Å². The minimum Gasteiger partial charge on any atom is -0.372 e. The first kappa shape index (κ1) is 28.4. The van der Waals surface area contributed by atoms with Crippen LogP contribution in [0.15, 0.2) is 77.3 Å². The molecule has 0 spiro atoms. The first-order chi connectivity index (χ1) is 18.9. The fraction of sp³-hybridized carbons (Fsp3) is 0.438. The van der Waals surface area contributed by atoms with Gasteiger partial charge in [-0.05, 0) is 69.3 Å². The number of para-hydroxylation sites is 1. The highest BCUT2D eigenvalue weighted by molar-refractivity contribution is 6.15. The van der Waals surface area contributed by atoms with Crippen molar-refractivity contribution in [1.29, 1.82) is 0 Å². The van der Waals surface area contributed by atoms with Crippen molar-refractivity contribution in [2.75, 3.05) is 61.9 Å². The van der Waals surface area contributed by atoms with Gasteiger partial charge in [0.2, 0.25) is 0 Å². The molecule has 1 fully saturated rings. The molecule has 0 aliphatic carbocycles. The van der Waals surface area contributed by atoms with Crippen LogP contribution in [0.1, 0.15) is 34.7 Å². The van der Waals surface area contributed by atoms with Crippen LogP contribution in [-0.2, 0) is 11.2 Å². The fourth-order valence-electron chi connectivity index (χ4n) is 5.53. The number of amidine groups is 1. The summed E-state index contributed by atoms with van der Waals surface area (Å²) in [6.45, 7) is 13.1. The molecule has 2 unspecified atom stereocenters. The third kappa shape index (κ3) is 6.53. The molecule has 1 amide bonds. The Morgan fingerprint density at radius 1 is 1.00 bits per heavy atom. The summed E-state index contributed by atoms with van der Waals surface area (Å²) in [4.78, 5) is 27.2. The van der Waals surface area contributed by atoms with Gasteiger partial charge in [0.15, 0.2) is 0 Å². The minimum atomic E-state index is -0.199. The summed E-state index contributed by atoms with van der Waals surface area (Å²) in [6, 6.07) is 17.1. The summed E-state index contributed by atoms with van der Waals surface area (Å²) in [5.74, 6) is 0.729. The molecular formula is C32H46N6O. The largest absolute Gasteiger partial charge is 0.372 e. The summed E-state index contributed by atoms with van der Waals surface area (Å²) >= 11 is 0. The van der Waals surface area contributed by atoms with Crippen molar-refractivity contribution in [2.45, 2.75) is 46.3 Å². The van der Waals surface area contributed by atoms with Crippen molar-refractivity contribution in [3.8, 4) is 0 Å². The maximum atomic E-state index is 13.2. The van der Waals surface area contributed by atoms with Gasteiger partial charge in [0.25, 0.3) is 5.91 Å². The Morgan fingerprint density at radius 3 is 2.38 bits per heavy atom. The van der Waals surface area contributed by atoms with Gasteiger partial charge in [-0.15, -0.1) is 0 Å². The van der Waals surface area contributed by atoms with Crippen molar-refractivity contribution < 1.29 is 6.22 Å². The van der Waals surface area contributed by atoms with Crippen molar-refractivity contribution in [1.82, 2.24) is 9.80 Å². The van der Waals surface area contributed by atoms with Gasteiger partial charge in [0.1, 0.15) is 12.0 Å². The van der Waals surface area contributed by atoms with E-state index in [0.717, 1.165) is 56.2 Å². The Morgan fingerprint density at radius 2 is 1.69 bits per heavy atom. The molecule has 2 aromatic rings. The van der Waals surface area contributed by atoms with Gasteiger partial charge in [-0.3, -0.25) is 9.69 Å². The van der Waals surface area contributed by atoms with Crippen LogP contribution in [-0.4, -0.2) is 80.6 Å². The normalized spacial score (nSPS) is 22.5. The van der Waals surface area contributed by atoms with E-state index in [1.54, 1.807) is 6.08 Å². The average molecular weight is 531 g/mol. The lowest BCUT2D eigenvalue weighted by Crippen LogP contribution is -2.53. The Bertz CT molecular complexity index is 1220. The van der Waals surface area contributed by atoms with Gasteiger partial charge >= 0.3 is 0 Å². The summed E-state index contributed by atoms with van der Waals surface area (Å²) < 4.78 is 0. The molecule has 3 aliphatic heterocycles. The number of aliphatic imine (C=N–C) groups is 1. The zero-order chi connectivity index (χ0) is 27.9. The summed E-state index contributed by atoms with van der Waals surface area (Å²) in [5.41, 5.74) is 5.74. The monoisotopic (exact) mass is 530 g/mol. The van der Waals surface area contributed by atoms with Crippen LogP contribution in [0, 0.1) is 0 Å². The lowest BCUT2D eigenvalue weighted by molar-refractivity contribution is -0.124. The van der Waals surface area contributed by atoms with E-state index in [2.05, 4.69) is 82.6 Å². The number of allylic oxidation sites excluding steroid dienone is 1. The standard InChI is InChI=1S/C30H38N6O.C2H6.H2/c1-5-23-10-15-29(37)36(27-20-24-8-6-7-9-28(24)34(4)21-27)30(23)32-22(2)31-25-11-13-26(14-12-25)35-18-16-33(3)17-19-35;1-2;/h5-15,22,27,31H,16-21H2,1-4H3;1-2H3;1H/b23-5-,32-30+;;. The van der Waals surface area contributed by atoms with Gasteiger partial charge in [0, 0.05) is 69.9 Å². The fourth-order valence-corrected chi connectivity index (χ4v) is 5.53. The highest BCUT2D eigenvalue weighted by atomic mass is 16.2. The predicted octanol–water partition coefficient (Wildman–Crippen LogP) is 5.27. The molecule has 3 heterocycles. The number of fused-ring (bicyclic) bond motifs is 1. The van der Waals surface area contributed by atoms with Crippen LogP contribution < -0.4 is 15.1 Å². The molecule has 1 N–H and O–H groups in total. The number of piperazine rings is 1. The van der Waals surface area contributed by atoms with Crippen LogP contribution in [0.4, 0.5) is 17.1 Å². The van der Waals surface area contributed by atoms with Crippen LogP contribution in [0.2, 0.25) is 0 Å². The molecule has 2 atom stereocenters. The number of rotatable bonds is 5. The number of likely N-dealkylation sites (N-methyl/N-ethyl adjacent to an activating group) is 2. The van der Waals surface area contributed by atoms with Crippen LogP contribution in [0.5, 0.6) is 0 Å². The summed E-state index contributed by atoms with van der Waals surface area (Å²) in [7, 11) is 4.27. The third-order valence-corrected chi connectivity index (χ3v) is 7.58. The number of nitrogens with zero attached hydrogens (tertiary/aromatic N) is 5. The number of nitrogens with one attached hydrogen (secondary N) is 1. The molecule has 5 rings (SSSR count). The summed E-state index contributed by atoms with van der Waals surface area (Å²) in [6.07, 6.45) is 6.20. The maximum absolute atomic E-state index is 13.2. The van der Waals surface area contributed by atoms with Gasteiger partial charge in [-0.1, -0.05) is 38.1 Å². The zero-order valence-corrected chi connectivity index (χ0v) is 24.4. The van der Waals surface area contributed by atoms with Gasteiger partial charge in [-0.25, -0.2) is 4.99 Å². The number of anilines is 3. The molecular weight excluding hydrogens is 484 g/mol. The van der Waals surface area contributed by atoms with Crippen LogP contribution in [0.25, 0.3) is 0 Å². The smallest absolute Gasteiger partial charge is 0.252 e. The Labute approximate surface area is 236 Å². The molecule has 0 radical (unpaired) electrons. The summed E-state index contributed by atoms with van der Waals surface area (Å²) in [5, 5.41) is 3.52. The topological polar surface area (TPSA) is 54.4 Å². The van der Waals surface area contributed by atoms with Gasteiger partial charge in [0.05, 0.1) is 6.04 Å². The second-order valence-corrected chi connectivity index (χ2v) is 10.3. The van der Waals surface area contributed by atoms with Crippen LogP contribution in [0.3, 0.4) is 0 Å². The lowest BCUT2D eigenvalue weighted by atomic mass is 9.95. The molecule has 1 saturated heterocycles. The number of hydrogen-bond donors (Lipinski definition) is 1. The maximum Gasteiger partial charge on any atom is 0.252 e. The van der Waals surface area contributed by atoms with E-state index in [-0.39, 0.29) is 19.5 Å². The molecule has 2 aromatic carbocycles. The molecule has 7 nitrogen and oxygen atoms in total. The predicted molar refractivity (Wildman–Crippen MR) is 167 cm³/mol. The van der Waals surface area contributed by atoms with E-state index in [9.17, 15) is 4.79 Å². The Hall–Kier alpha value is -3.58. The van der Waals surface area contributed by atoms with E-state index in [0.29, 0.717) is 0 Å². The second-order valence-electron chi connectivity index (χ2n) is 10.3. The molecule has 0 aromatic heterocycles. The highest BCUT2D eigenvalue weighted by Crippen LogP contribution is 2.30. The Kier molecular flexibility index (Phi) is 9.46. The van der Waals surface area contributed by atoms with Crippen molar-refractivity contribution in [2.24, 2.45) is 4.99 Å². The average Bonchev–Trinajstić information content (AvgIpc) is 2.95. The molecule has 7 heteroatoms. The Balaban J connectivity index is 0.00000144. The van der Waals surface area contributed by atoms with E-state index in [1.165, 1.54) is 16.9 Å². The van der Waals surface area contributed by atoms with Gasteiger partial charge in [-0.2, -0.15) is 0 Å². The number of hydrogen-bond acceptors (Lipinski definition) is 6. The van der Waals surface area contributed by atoms with E-state index < -0.39 is 0 Å². The number of carbonyl (C=O) groups excluding carboxylic acids is 1. The minimum absolute atomic E-state index is 0. The van der Waals surface area contributed by atoms with Crippen LogP contribution >= 0.6 is 0 Å². The zero-order valence-electron chi connectivity index (χ0n) is 24.4. The number of carbonyl (C=O) groups is 1. The highest BCUT2D eigenvalue weighted by Gasteiger charge is 2.35. The SMILES string of the molecule is C/C=C1/C=CC(=O)N(C2Cc3ccccc3N(C)C2)/C1=N/C(C)Nc1ccc(N2CCN(C)CC2)cc1.CC.[HH]. The van der Waals surface area contributed by atoms with E-state index in [1.807, 2.05) is 44.7 Å². The van der Waals surface area contributed by atoms with Crippen molar-refractivity contribution in [3.63, 3.8) is 0 Å². The van der Waals surface area contributed by atoms with E-state index >= 15 is 0 Å². The quantitative estimate of drug-likeness (QED) is 0.571. The second kappa shape index (κ2) is 13.0. The molecule has 0 saturated carbocycles. The lowest BCUT2D eigenvalue weighted by Gasteiger charge is -2.41. The van der Waals surface area contributed by atoms with Crippen molar-refractivity contribution >= 4 is 28.8 Å². The molecule has 0 bridgehead atoms. The third-order valence-electron chi connectivity index (χ3n) is 7.58. The number of amides is 1. The van der Waals surface area contributed by atoms with Crippen molar-refractivity contribution in [3.05, 3.63) is 77.9 Å². The molecule has 210 valence electrons. The molecule has 3 aliphatic rings. The van der Waals surface area contributed by atoms with Gasteiger partial charge < -0.3 is 20.0 Å². The number of benzene rings is 2. The molecule has 39 heavy (non-hydrogen) atoms. The first-order valence-electron chi connectivity index (χ1n) is 14.3.